The summed E-state index contributed by atoms with van der Waals surface area (Å²) in [5, 5.41) is 3.56. The summed E-state index contributed by atoms with van der Waals surface area (Å²) in [6.07, 6.45) is 1.82. The number of hydrogen-bond acceptors (Lipinski definition) is 2. The molecule has 264 valence electrons. The average Bonchev–Trinajstić information content (AvgIpc) is 3.76. The minimum Gasteiger partial charge on any atom is -0.255 e. The van der Waals surface area contributed by atoms with Crippen LogP contribution in [0.25, 0.3) is 88.7 Å². The van der Waals surface area contributed by atoms with Crippen molar-refractivity contribution < 1.29 is 0 Å². The highest BCUT2D eigenvalue weighted by molar-refractivity contribution is 6.00. The zero-order valence-corrected chi connectivity index (χ0v) is 31.0. The highest BCUT2D eigenvalue weighted by atomic mass is 14.8. The van der Waals surface area contributed by atoms with Gasteiger partial charge in [0.1, 0.15) is 0 Å². The normalized spacial score (nSPS) is 13.1. The molecule has 0 unspecified atom stereocenters. The van der Waals surface area contributed by atoms with Crippen molar-refractivity contribution in [1.82, 2.24) is 9.97 Å². The number of benzene rings is 8. The largest absolute Gasteiger partial charge is 0.255 e. The molecule has 0 bridgehead atoms. The van der Waals surface area contributed by atoms with E-state index in [-0.39, 0.29) is 5.41 Å². The van der Waals surface area contributed by atoms with Gasteiger partial charge in [0.05, 0.1) is 22.3 Å². The van der Waals surface area contributed by atoms with Crippen LogP contribution in [-0.2, 0) is 5.41 Å². The molecule has 0 saturated heterocycles. The first-order valence-electron chi connectivity index (χ1n) is 19.6. The molecule has 8 aromatic carbocycles. The van der Waals surface area contributed by atoms with Crippen LogP contribution in [0, 0.1) is 0 Å². The fourth-order valence-corrected chi connectivity index (χ4v) is 9.79. The predicted molar refractivity (Wildman–Crippen MR) is 235 cm³/mol. The summed E-state index contributed by atoms with van der Waals surface area (Å²) < 4.78 is 0. The van der Waals surface area contributed by atoms with Crippen LogP contribution < -0.4 is 0 Å². The van der Waals surface area contributed by atoms with Crippen molar-refractivity contribution in [2.45, 2.75) is 5.41 Å². The lowest BCUT2D eigenvalue weighted by Crippen LogP contribution is -2.25. The van der Waals surface area contributed by atoms with Crippen LogP contribution in [0.4, 0.5) is 0 Å². The molecule has 2 aromatic heterocycles. The second-order valence-electron chi connectivity index (χ2n) is 15.3. The van der Waals surface area contributed by atoms with E-state index >= 15 is 0 Å². The SMILES string of the molecule is c1ccc(-c2cc(-c3ccccn3)nc3ccc(-c4ccc5ccc(-c6ccc7c(c6)C6(c8ccccc8-c8ccccc86)c6ccccc6-7)cc5c4)cc23)cc1. The van der Waals surface area contributed by atoms with Crippen LogP contribution >= 0.6 is 0 Å². The molecule has 0 N–H and O–H groups in total. The van der Waals surface area contributed by atoms with Gasteiger partial charge in [0, 0.05) is 11.6 Å². The van der Waals surface area contributed by atoms with E-state index in [9.17, 15) is 0 Å². The smallest absolute Gasteiger partial charge is 0.0900 e. The molecule has 12 rings (SSSR count). The van der Waals surface area contributed by atoms with Gasteiger partial charge in [-0.2, -0.15) is 0 Å². The van der Waals surface area contributed by atoms with Gasteiger partial charge >= 0.3 is 0 Å². The summed E-state index contributed by atoms with van der Waals surface area (Å²) in [6, 6.07) is 73.3. The third-order valence-corrected chi connectivity index (χ3v) is 12.3. The quantitative estimate of drug-likeness (QED) is 0.181. The Morgan fingerprint density at radius 1 is 0.316 bits per heavy atom. The Morgan fingerprint density at radius 2 is 0.860 bits per heavy atom. The Bertz CT molecular complexity index is 3170. The van der Waals surface area contributed by atoms with Gasteiger partial charge in [-0.15, -0.1) is 0 Å². The maximum atomic E-state index is 5.09. The molecule has 2 aliphatic carbocycles. The maximum absolute atomic E-state index is 5.09. The van der Waals surface area contributed by atoms with Crippen molar-refractivity contribution >= 4 is 21.7 Å². The first-order valence-corrected chi connectivity index (χ1v) is 19.6. The lowest BCUT2D eigenvalue weighted by Gasteiger charge is -2.30. The summed E-state index contributed by atoms with van der Waals surface area (Å²) in [6.45, 7) is 0. The molecular formula is C55H34N2. The summed E-state index contributed by atoms with van der Waals surface area (Å²) in [5.74, 6) is 0. The zero-order valence-electron chi connectivity index (χ0n) is 31.0. The molecule has 0 radical (unpaired) electrons. The third-order valence-electron chi connectivity index (χ3n) is 12.3. The molecule has 0 aliphatic heterocycles. The number of nitrogens with zero attached hydrogens (tertiary/aromatic N) is 2. The Hall–Kier alpha value is -7.42. The molecule has 2 aliphatic rings. The third kappa shape index (κ3) is 4.71. The molecule has 0 atom stereocenters. The van der Waals surface area contributed by atoms with Crippen LogP contribution in [0.3, 0.4) is 0 Å². The highest BCUT2D eigenvalue weighted by Crippen LogP contribution is 2.63. The standard InChI is InChI=1S/C55H34N2/c1-2-12-36(13-3-1)46-34-54(53-20-10-11-29-56-53)57-52-28-26-39(32-47(46)52)37-23-21-35-22-24-38(31-41(35)30-37)40-25-27-45-44-16-6-9-19-50(44)55(51(45)33-40)48-17-7-4-14-42(48)43-15-5-8-18-49(43)55/h1-34H. The Balaban J connectivity index is 0.989. The van der Waals surface area contributed by atoms with Crippen molar-refractivity contribution in [2.24, 2.45) is 0 Å². The molecule has 2 heteroatoms. The summed E-state index contributed by atoms with van der Waals surface area (Å²) in [4.78, 5) is 9.70. The van der Waals surface area contributed by atoms with E-state index in [1.54, 1.807) is 0 Å². The number of aromatic nitrogens is 2. The average molecular weight is 723 g/mol. The number of fused-ring (bicyclic) bond motifs is 12. The van der Waals surface area contributed by atoms with Crippen LogP contribution in [-0.4, -0.2) is 9.97 Å². The van der Waals surface area contributed by atoms with E-state index in [1.165, 1.54) is 72.0 Å². The molecule has 0 saturated carbocycles. The molecule has 0 fully saturated rings. The maximum Gasteiger partial charge on any atom is 0.0900 e. The van der Waals surface area contributed by atoms with Gasteiger partial charge in [-0.05, 0) is 137 Å². The van der Waals surface area contributed by atoms with Crippen LogP contribution in [0.5, 0.6) is 0 Å². The molecule has 0 amide bonds. The van der Waals surface area contributed by atoms with Gasteiger partial charge in [-0.25, -0.2) is 4.98 Å². The minimum atomic E-state index is -0.360. The van der Waals surface area contributed by atoms with Crippen LogP contribution in [0.15, 0.2) is 206 Å². The van der Waals surface area contributed by atoms with E-state index in [4.69, 9.17) is 4.98 Å². The van der Waals surface area contributed by atoms with Gasteiger partial charge in [0.2, 0.25) is 0 Å². The molecule has 1 spiro atoms. The first-order chi connectivity index (χ1) is 28.2. The van der Waals surface area contributed by atoms with Gasteiger partial charge in [-0.3, -0.25) is 4.98 Å². The molecular weight excluding hydrogens is 689 g/mol. The van der Waals surface area contributed by atoms with Crippen molar-refractivity contribution in [3.05, 3.63) is 229 Å². The summed E-state index contributed by atoms with van der Waals surface area (Å²) in [5.41, 5.74) is 20.2. The van der Waals surface area contributed by atoms with Crippen molar-refractivity contribution in [1.29, 1.82) is 0 Å². The second kappa shape index (κ2) is 12.3. The molecule has 2 nitrogen and oxygen atoms in total. The van der Waals surface area contributed by atoms with E-state index in [2.05, 4.69) is 187 Å². The number of pyridine rings is 2. The van der Waals surface area contributed by atoms with E-state index in [1.807, 2.05) is 24.4 Å². The van der Waals surface area contributed by atoms with Crippen molar-refractivity contribution in [3.63, 3.8) is 0 Å². The Morgan fingerprint density at radius 3 is 1.51 bits per heavy atom. The first kappa shape index (κ1) is 31.9. The summed E-state index contributed by atoms with van der Waals surface area (Å²) >= 11 is 0. The van der Waals surface area contributed by atoms with Crippen LogP contribution in [0.2, 0.25) is 0 Å². The lowest BCUT2D eigenvalue weighted by atomic mass is 9.70. The summed E-state index contributed by atoms with van der Waals surface area (Å²) in [7, 11) is 0. The number of rotatable bonds is 4. The fourth-order valence-electron chi connectivity index (χ4n) is 9.79. The molecule has 2 heterocycles. The zero-order chi connectivity index (χ0) is 37.5. The van der Waals surface area contributed by atoms with Gasteiger partial charge < -0.3 is 0 Å². The fraction of sp³-hybridized carbons (Fsp3) is 0.0182. The van der Waals surface area contributed by atoms with Gasteiger partial charge in [0.15, 0.2) is 0 Å². The Labute approximate surface area is 331 Å². The van der Waals surface area contributed by atoms with E-state index in [0.29, 0.717) is 0 Å². The van der Waals surface area contributed by atoms with Crippen LogP contribution in [0.1, 0.15) is 22.3 Å². The van der Waals surface area contributed by atoms with Crippen molar-refractivity contribution in [3.8, 4) is 67.0 Å². The molecule has 57 heavy (non-hydrogen) atoms. The van der Waals surface area contributed by atoms with E-state index < -0.39 is 0 Å². The second-order valence-corrected chi connectivity index (χ2v) is 15.3. The number of hydrogen-bond donors (Lipinski definition) is 0. The lowest BCUT2D eigenvalue weighted by molar-refractivity contribution is 0.794. The van der Waals surface area contributed by atoms with E-state index in [0.717, 1.165) is 39.0 Å². The van der Waals surface area contributed by atoms with Crippen molar-refractivity contribution in [2.75, 3.05) is 0 Å². The topological polar surface area (TPSA) is 25.8 Å². The molecule has 10 aromatic rings. The predicted octanol–water partition coefficient (Wildman–Crippen LogP) is 13.8. The minimum absolute atomic E-state index is 0.360. The highest BCUT2D eigenvalue weighted by Gasteiger charge is 2.51. The monoisotopic (exact) mass is 722 g/mol. The van der Waals surface area contributed by atoms with Gasteiger partial charge in [0.25, 0.3) is 0 Å². The van der Waals surface area contributed by atoms with Gasteiger partial charge in [-0.1, -0.05) is 152 Å². The Kier molecular flexibility index (Phi) is 6.88.